The number of hydrogen-bond donors (Lipinski definition) is 1. The molecule has 0 amide bonds. The van der Waals surface area contributed by atoms with Crippen LogP contribution < -0.4 is 0 Å². The molecule has 9 heavy (non-hydrogen) atoms. The van der Waals surface area contributed by atoms with E-state index in [9.17, 15) is 0 Å². The van der Waals surface area contributed by atoms with Crippen molar-refractivity contribution in [3.8, 4) is 0 Å². The molecular formula is C4H9O2PS2. The molecule has 1 heterocycles. The van der Waals surface area contributed by atoms with Crippen LogP contribution in [0.25, 0.3) is 0 Å². The molecule has 0 N–H and O–H groups in total. The second kappa shape index (κ2) is 2.51. The van der Waals surface area contributed by atoms with Crippen LogP contribution in [0.2, 0.25) is 0 Å². The fourth-order valence-electron chi connectivity index (χ4n) is 0.616. The van der Waals surface area contributed by atoms with Crippen molar-refractivity contribution in [1.82, 2.24) is 0 Å². The predicted octanol–water partition coefficient (Wildman–Crippen LogP) is 1.96. The lowest BCUT2D eigenvalue weighted by atomic mass is 10.3. The SMILES string of the molecule is C[C@H]1OP(=S)(S)O[C@@H]1C. The number of rotatable bonds is 0. The maximum absolute atomic E-state index is 5.23. The standard InChI is InChI=1S/C4H9O2PS2/c1-3-4(2)6-7(8,9)5-3/h3-4H,1-2H3,(H,8,9)/t3-,4-/m1/s1. The van der Waals surface area contributed by atoms with Gasteiger partial charge in [0.2, 0.25) is 5.69 Å². The summed E-state index contributed by atoms with van der Waals surface area (Å²) in [7, 11) is 0. The molecule has 1 fully saturated rings. The van der Waals surface area contributed by atoms with Gasteiger partial charge in [-0.05, 0) is 25.7 Å². The molecule has 5 heteroatoms. The van der Waals surface area contributed by atoms with E-state index in [-0.39, 0.29) is 12.2 Å². The molecule has 1 aliphatic heterocycles. The molecule has 0 aromatic carbocycles. The van der Waals surface area contributed by atoms with Gasteiger partial charge in [0.1, 0.15) is 0 Å². The first-order valence-electron chi connectivity index (χ1n) is 2.71. The lowest BCUT2D eigenvalue weighted by Gasteiger charge is -2.03. The third-order valence-corrected chi connectivity index (χ3v) is 3.54. The van der Waals surface area contributed by atoms with Gasteiger partial charge in [0.05, 0.1) is 12.2 Å². The van der Waals surface area contributed by atoms with Crippen molar-refractivity contribution in [2.45, 2.75) is 26.1 Å². The molecule has 1 rings (SSSR count). The van der Waals surface area contributed by atoms with E-state index in [0.29, 0.717) is 0 Å². The molecule has 0 aliphatic carbocycles. The third-order valence-electron chi connectivity index (χ3n) is 1.26. The van der Waals surface area contributed by atoms with Crippen LogP contribution in [0.1, 0.15) is 13.8 Å². The minimum absolute atomic E-state index is 0.105. The van der Waals surface area contributed by atoms with Crippen molar-refractivity contribution >= 4 is 29.7 Å². The topological polar surface area (TPSA) is 18.5 Å². The van der Waals surface area contributed by atoms with E-state index in [0.717, 1.165) is 0 Å². The van der Waals surface area contributed by atoms with Gasteiger partial charge in [-0.25, -0.2) is 0 Å². The Morgan fingerprint density at radius 2 is 1.67 bits per heavy atom. The Labute approximate surface area is 65.3 Å². The van der Waals surface area contributed by atoms with Crippen LogP contribution in [0.15, 0.2) is 0 Å². The zero-order chi connectivity index (χ0) is 7.07. The van der Waals surface area contributed by atoms with E-state index >= 15 is 0 Å². The second-order valence-corrected chi connectivity index (χ2v) is 7.28. The first kappa shape index (κ1) is 8.02. The van der Waals surface area contributed by atoms with Crippen molar-refractivity contribution in [3.63, 3.8) is 0 Å². The quantitative estimate of drug-likeness (QED) is 0.458. The van der Waals surface area contributed by atoms with Gasteiger partial charge in [-0.15, -0.1) is 0 Å². The van der Waals surface area contributed by atoms with Crippen LogP contribution in [0, 0.1) is 0 Å². The van der Waals surface area contributed by atoms with Crippen molar-refractivity contribution in [2.75, 3.05) is 0 Å². The number of hydrogen-bond acceptors (Lipinski definition) is 3. The largest absolute Gasteiger partial charge is 0.316 e. The van der Waals surface area contributed by atoms with Crippen LogP contribution in [-0.4, -0.2) is 12.2 Å². The minimum atomic E-state index is -2.13. The van der Waals surface area contributed by atoms with Gasteiger partial charge in [-0.2, -0.15) is 0 Å². The van der Waals surface area contributed by atoms with Gasteiger partial charge in [-0.1, -0.05) is 12.2 Å². The molecule has 0 unspecified atom stereocenters. The van der Waals surface area contributed by atoms with E-state index in [1.54, 1.807) is 0 Å². The highest BCUT2D eigenvalue weighted by Gasteiger charge is 2.32. The van der Waals surface area contributed by atoms with Gasteiger partial charge in [0.25, 0.3) is 0 Å². The van der Waals surface area contributed by atoms with Crippen molar-refractivity contribution < 1.29 is 9.05 Å². The molecule has 1 saturated heterocycles. The van der Waals surface area contributed by atoms with Crippen molar-refractivity contribution in [1.29, 1.82) is 0 Å². The molecular weight excluding hydrogens is 175 g/mol. The van der Waals surface area contributed by atoms with Crippen molar-refractivity contribution in [2.24, 2.45) is 0 Å². The molecule has 0 saturated carbocycles. The Morgan fingerprint density at radius 1 is 1.33 bits per heavy atom. The first-order valence-corrected chi connectivity index (χ1v) is 6.50. The summed E-state index contributed by atoms with van der Waals surface area (Å²) in [6, 6.07) is 0. The Bertz CT molecular complexity index is 147. The van der Waals surface area contributed by atoms with Crippen LogP contribution in [-0.2, 0) is 20.9 Å². The van der Waals surface area contributed by atoms with E-state index in [1.165, 1.54) is 0 Å². The second-order valence-electron chi connectivity index (χ2n) is 2.09. The average Bonchev–Trinajstić information content (AvgIpc) is 1.79. The highest BCUT2D eigenvalue weighted by molar-refractivity contribution is 8.60. The van der Waals surface area contributed by atoms with Crippen LogP contribution in [0.4, 0.5) is 0 Å². The molecule has 2 nitrogen and oxygen atoms in total. The Balaban J connectivity index is 2.65. The predicted molar refractivity (Wildman–Crippen MR) is 44.4 cm³/mol. The molecule has 0 radical (unpaired) electrons. The van der Waals surface area contributed by atoms with Gasteiger partial charge in [-0.3, -0.25) is 0 Å². The summed E-state index contributed by atoms with van der Waals surface area (Å²) in [4.78, 5) is 0. The summed E-state index contributed by atoms with van der Waals surface area (Å²) >= 11 is 8.94. The molecule has 0 aromatic heterocycles. The molecule has 0 aromatic rings. The van der Waals surface area contributed by atoms with Gasteiger partial charge in [0.15, 0.2) is 0 Å². The molecule has 1 aliphatic rings. The summed E-state index contributed by atoms with van der Waals surface area (Å²) < 4.78 is 10.5. The Hall–Kier alpha value is 0.920. The summed E-state index contributed by atoms with van der Waals surface area (Å²) in [6.07, 6.45) is 0.210. The van der Waals surface area contributed by atoms with E-state index < -0.39 is 5.69 Å². The maximum Gasteiger partial charge on any atom is 0.244 e. The highest BCUT2D eigenvalue weighted by Crippen LogP contribution is 2.60. The Morgan fingerprint density at radius 3 is 1.78 bits per heavy atom. The van der Waals surface area contributed by atoms with Gasteiger partial charge < -0.3 is 9.05 Å². The zero-order valence-corrected chi connectivity index (χ0v) is 7.88. The van der Waals surface area contributed by atoms with E-state index in [4.69, 9.17) is 20.9 Å². The molecule has 0 spiro atoms. The molecule has 0 bridgehead atoms. The lowest BCUT2D eigenvalue weighted by Crippen LogP contribution is -2.13. The molecule has 2 atom stereocenters. The molecule has 54 valence electrons. The fraction of sp³-hybridized carbons (Fsp3) is 1.00. The van der Waals surface area contributed by atoms with Crippen LogP contribution >= 0.6 is 17.9 Å². The van der Waals surface area contributed by atoms with Gasteiger partial charge >= 0.3 is 0 Å². The maximum atomic E-state index is 5.23. The van der Waals surface area contributed by atoms with Crippen LogP contribution in [0.5, 0.6) is 0 Å². The van der Waals surface area contributed by atoms with Crippen molar-refractivity contribution in [3.05, 3.63) is 0 Å². The summed E-state index contributed by atoms with van der Waals surface area (Å²) in [5, 5.41) is 0. The number of thiol groups is 1. The van der Waals surface area contributed by atoms with E-state index in [1.807, 2.05) is 13.8 Å². The van der Waals surface area contributed by atoms with Crippen LogP contribution in [0.3, 0.4) is 0 Å². The highest BCUT2D eigenvalue weighted by atomic mass is 32.9. The smallest absolute Gasteiger partial charge is 0.244 e. The summed E-state index contributed by atoms with van der Waals surface area (Å²) in [5.74, 6) is 0. The summed E-state index contributed by atoms with van der Waals surface area (Å²) in [5.41, 5.74) is -2.13. The van der Waals surface area contributed by atoms with Gasteiger partial charge in [0, 0.05) is 0 Å². The summed E-state index contributed by atoms with van der Waals surface area (Å²) in [6.45, 7) is 3.88. The third kappa shape index (κ3) is 1.92. The Kier molecular flexibility index (Phi) is 2.24. The monoisotopic (exact) mass is 184 g/mol. The average molecular weight is 184 g/mol. The zero-order valence-electron chi connectivity index (χ0n) is 5.27. The lowest BCUT2D eigenvalue weighted by molar-refractivity contribution is 0.187. The first-order chi connectivity index (χ1) is 4.01. The minimum Gasteiger partial charge on any atom is -0.316 e. The normalized spacial score (nSPS) is 41.2. The fourth-order valence-corrected chi connectivity index (χ4v) is 3.56. The van der Waals surface area contributed by atoms with E-state index in [2.05, 4.69) is 12.2 Å².